The van der Waals surface area contributed by atoms with Crippen LogP contribution in [0.25, 0.3) is 117 Å². The van der Waals surface area contributed by atoms with Crippen LogP contribution in [0.5, 0.6) is 0 Å². The summed E-state index contributed by atoms with van der Waals surface area (Å²) in [5, 5.41) is 20.9. The Morgan fingerprint density at radius 3 is 1.71 bits per heavy atom. The number of fused-ring (bicyclic) bond motifs is 3. The van der Waals surface area contributed by atoms with E-state index in [1.165, 1.54) is 76.0 Å². The number of benzene rings is 7. The molecule has 2 heterocycles. The lowest BCUT2D eigenvalue weighted by molar-refractivity contribution is 1.07. The van der Waals surface area contributed by atoms with Crippen LogP contribution in [0.3, 0.4) is 0 Å². The van der Waals surface area contributed by atoms with Gasteiger partial charge in [0.15, 0.2) is 17.5 Å². The molecule has 5 nitrogen and oxygen atoms in total. The summed E-state index contributed by atoms with van der Waals surface area (Å²) in [6.07, 6.45) is 5.60. The van der Waals surface area contributed by atoms with Gasteiger partial charge in [-0.2, -0.15) is 5.26 Å². The summed E-state index contributed by atoms with van der Waals surface area (Å²) >= 11 is 0. The molecule has 268 valence electrons. The maximum Gasteiger partial charge on any atom is 0.164 e. The first-order chi connectivity index (χ1) is 28.7. The van der Waals surface area contributed by atoms with Gasteiger partial charge in [0.25, 0.3) is 0 Å². The fraction of sp³-hybridized carbons (Fsp3) is 0.0189. The topological polar surface area (TPSA) is 67.4 Å². The smallest absolute Gasteiger partial charge is 0.164 e. The Morgan fingerprint density at radius 1 is 0.431 bits per heavy atom. The van der Waals surface area contributed by atoms with Crippen molar-refractivity contribution in [2.45, 2.75) is 6.42 Å². The molecular weight excluding hydrogens is 707 g/mol. The van der Waals surface area contributed by atoms with Gasteiger partial charge in [-0.15, -0.1) is 0 Å². The normalized spacial score (nSPS) is 12.3. The first-order valence-corrected chi connectivity index (χ1v) is 19.6. The molecule has 0 spiro atoms. The quantitative estimate of drug-likeness (QED) is 0.176. The summed E-state index contributed by atoms with van der Waals surface area (Å²) in [5.41, 5.74) is 10.6. The Kier molecular flexibility index (Phi) is 6.99. The monoisotopic (exact) mass is 737 g/mol. The molecule has 58 heavy (non-hydrogen) atoms. The van der Waals surface area contributed by atoms with Crippen LogP contribution in [-0.2, 0) is 0 Å². The minimum atomic E-state index is 0.558. The highest BCUT2D eigenvalue weighted by Crippen LogP contribution is 2.52. The van der Waals surface area contributed by atoms with Gasteiger partial charge in [-0.05, 0) is 110 Å². The minimum Gasteiger partial charge on any atom is -0.310 e. The van der Waals surface area contributed by atoms with Gasteiger partial charge in [-0.1, -0.05) is 121 Å². The Bertz CT molecular complexity index is 3560. The SMILES string of the molecule is N#Cc1ccc(-c2nc(-c3ccccc3)nc(-c3ccc(-n4c5c6c7c8c(ccc74)c4ccccc4c-8c(-c4ccccc4)c4cccc(c46)=CCC=5)cc3)n2)cc1. The van der Waals surface area contributed by atoms with Gasteiger partial charge in [-0.25, -0.2) is 15.0 Å². The lowest BCUT2D eigenvalue weighted by Crippen LogP contribution is -2.14. The van der Waals surface area contributed by atoms with E-state index in [0.29, 0.717) is 23.0 Å². The molecule has 0 bridgehead atoms. The van der Waals surface area contributed by atoms with E-state index in [1.807, 2.05) is 42.5 Å². The lowest BCUT2D eigenvalue weighted by Gasteiger charge is -2.12. The predicted octanol–water partition coefficient (Wildman–Crippen LogP) is 11.3. The zero-order valence-electron chi connectivity index (χ0n) is 31.2. The van der Waals surface area contributed by atoms with Crippen molar-refractivity contribution in [3.05, 3.63) is 180 Å². The van der Waals surface area contributed by atoms with Gasteiger partial charge in [0.05, 0.1) is 22.5 Å². The van der Waals surface area contributed by atoms with Gasteiger partial charge in [0, 0.05) is 38.7 Å². The van der Waals surface area contributed by atoms with E-state index in [0.717, 1.165) is 28.8 Å². The Hall–Kier alpha value is -7.94. The van der Waals surface area contributed by atoms with Gasteiger partial charge < -0.3 is 4.57 Å². The molecule has 0 radical (unpaired) electrons. The molecule has 0 atom stereocenters. The van der Waals surface area contributed by atoms with E-state index in [1.54, 1.807) is 12.1 Å². The summed E-state index contributed by atoms with van der Waals surface area (Å²) < 4.78 is 2.45. The van der Waals surface area contributed by atoms with Crippen molar-refractivity contribution in [2.24, 2.45) is 0 Å². The summed E-state index contributed by atoms with van der Waals surface area (Å²) in [7, 11) is 0. The highest BCUT2D eigenvalue weighted by molar-refractivity contribution is 6.34. The molecule has 0 fully saturated rings. The Balaban J connectivity index is 1.11. The molecule has 0 unspecified atom stereocenters. The molecular formula is C53H31N5. The fourth-order valence-corrected chi connectivity index (χ4v) is 9.31. The molecule has 0 saturated heterocycles. The third kappa shape index (κ3) is 4.73. The molecule has 0 aliphatic heterocycles. The third-order valence-electron chi connectivity index (χ3n) is 11.8. The number of nitriles is 1. The number of rotatable bonds is 5. The van der Waals surface area contributed by atoms with Crippen LogP contribution in [0.1, 0.15) is 12.0 Å². The van der Waals surface area contributed by atoms with Crippen molar-refractivity contribution < 1.29 is 0 Å². The van der Waals surface area contributed by atoms with Crippen LogP contribution < -0.4 is 10.6 Å². The number of nitrogens with zero attached hydrogens (tertiary/aromatic N) is 5. The molecule has 7 aromatic carbocycles. The second-order valence-corrected chi connectivity index (χ2v) is 15.0. The van der Waals surface area contributed by atoms with E-state index in [-0.39, 0.29) is 0 Å². The Labute approximate surface area is 333 Å². The molecule has 9 aromatic rings. The first-order valence-electron chi connectivity index (χ1n) is 19.6. The van der Waals surface area contributed by atoms with Crippen LogP contribution in [0, 0.1) is 11.3 Å². The summed E-state index contributed by atoms with van der Waals surface area (Å²) in [5.74, 6) is 1.74. The van der Waals surface area contributed by atoms with Crippen LogP contribution in [0.15, 0.2) is 164 Å². The van der Waals surface area contributed by atoms with Crippen molar-refractivity contribution in [3.8, 4) is 68.2 Å². The molecule has 0 N–H and O–H groups in total. The lowest BCUT2D eigenvalue weighted by atomic mass is 9.93. The number of aromatic nitrogens is 4. The molecule has 0 saturated carbocycles. The van der Waals surface area contributed by atoms with Crippen LogP contribution in [0.4, 0.5) is 0 Å². The molecule has 3 aliphatic rings. The van der Waals surface area contributed by atoms with Crippen molar-refractivity contribution in [1.29, 1.82) is 5.26 Å². The van der Waals surface area contributed by atoms with E-state index in [9.17, 15) is 5.26 Å². The summed E-state index contributed by atoms with van der Waals surface area (Å²) in [6.45, 7) is 0. The Morgan fingerprint density at radius 2 is 1.02 bits per heavy atom. The van der Waals surface area contributed by atoms with Gasteiger partial charge >= 0.3 is 0 Å². The van der Waals surface area contributed by atoms with E-state index >= 15 is 0 Å². The van der Waals surface area contributed by atoms with Gasteiger partial charge in [0.2, 0.25) is 0 Å². The molecule has 12 rings (SSSR count). The number of hydrogen-bond acceptors (Lipinski definition) is 4. The molecule has 0 amide bonds. The van der Waals surface area contributed by atoms with Crippen LogP contribution >= 0.6 is 0 Å². The van der Waals surface area contributed by atoms with Crippen molar-refractivity contribution in [3.63, 3.8) is 0 Å². The highest BCUT2D eigenvalue weighted by Gasteiger charge is 2.28. The highest BCUT2D eigenvalue weighted by atomic mass is 15.0. The van der Waals surface area contributed by atoms with Crippen LogP contribution in [0.2, 0.25) is 0 Å². The van der Waals surface area contributed by atoms with Crippen LogP contribution in [-0.4, -0.2) is 19.5 Å². The summed E-state index contributed by atoms with van der Waals surface area (Å²) in [6, 6.07) is 59.5. The zero-order valence-corrected chi connectivity index (χ0v) is 31.2. The predicted molar refractivity (Wildman–Crippen MR) is 236 cm³/mol. The number of hydrogen-bond donors (Lipinski definition) is 0. The largest absolute Gasteiger partial charge is 0.310 e. The first kappa shape index (κ1) is 32.3. The zero-order chi connectivity index (χ0) is 38.3. The van der Waals surface area contributed by atoms with E-state index in [4.69, 9.17) is 15.0 Å². The summed E-state index contributed by atoms with van der Waals surface area (Å²) in [4.78, 5) is 14.9. The third-order valence-corrected chi connectivity index (χ3v) is 11.8. The second kappa shape index (κ2) is 12.5. The maximum atomic E-state index is 9.40. The van der Waals surface area contributed by atoms with Crippen molar-refractivity contribution in [2.75, 3.05) is 0 Å². The van der Waals surface area contributed by atoms with Crippen molar-refractivity contribution in [1.82, 2.24) is 19.5 Å². The second-order valence-electron chi connectivity index (χ2n) is 15.0. The average Bonchev–Trinajstić information content (AvgIpc) is 3.66. The van der Waals surface area contributed by atoms with Gasteiger partial charge in [0.1, 0.15) is 0 Å². The fourth-order valence-electron chi connectivity index (χ4n) is 9.31. The standard InChI is InChI=1S/C53H31N5/c54-31-32-21-23-36(24-22-32)52-55-51(35-13-5-2-6-14-35)56-53(57-52)37-25-27-38(28-26-37)58-43-20-10-16-34-15-9-19-42-45(33-11-3-1-4-12-33)47-40-18-8-7-17-39(40)41-29-30-44(58)50(48(41)47)49(43)46(34)42/h1-9,11-30H,10H2. The van der Waals surface area contributed by atoms with Gasteiger partial charge in [-0.3, -0.25) is 0 Å². The van der Waals surface area contributed by atoms with Crippen molar-refractivity contribution >= 4 is 55.4 Å². The maximum absolute atomic E-state index is 9.40. The van der Waals surface area contributed by atoms with E-state index in [2.05, 4.69) is 132 Å². The van der Waals surface area contributed by atoms with E-state index < -0.39 is 0 Å². The molecule has 2 aromatic heterocycles. The molecule has 3 aliphatic carbocycles. The minimum absolute atomic E-state index is 0.558. The average molecular weight is 738 g/mol. The molecule has 5 heteroatoms.